The quantitative estimate of drug-likeness (QED) is 0.777. The van der Waals surface area contributed by atoms with E-state index in [4.69, 9.17) is 0 Å². The minimum atomic E-state index is -2.99. The van der Waals surface area contributed by atoms with Crippen LogP contribution in [0.2, 0.25) is 0 Å². The lowest BCUT2D eigenvalue weighted by Crippen LogP contribution is -2.39. The Hall–Kier alpha value is -0.130. The van der Waals surface area contributed by atoms with Gasteiger partial charge in [-0.1, -0.05) is 6.92 Å². The average molecular weight is 288 g/mol. The molecule has 2 unspecified atom stereocenters. The molecule has 1 heterocycles. The molecule has 1 saturated heterocycles. The van der Waals surface area contributed by atoms with Crippen molar-refractivity contribution in [2.75, 3.05) is 25.9 Å². The molecule has 1 N–H and O–H groups in total. The van der Waals surface area contributed by atoms with Crippen molar-refractivity contribution in [1.29, 1.82) is 0 Å². The second-order valence-corrected chi connectivity index (χ2v) is 8.47. The highest BCUT2D eigenvalue weighted by Crippen LogP contribution is 2.26. The molecule has 1 aliphatic carbocycles. The van der Waals surface area contributed by atoms with Crippen LogP contribution in [0.25, 0.3) is 0 Å². The van der Waals surface area contributed by atoms with Crippen LogP contribution in [0.1, 0.15) is 45.4 Å². The zero-order valence-electron chi connectivity index (χ0n) is 12.3. The number of nitrogens with one attached hydrogen (secondary N) is 1. The number of sulfonamides is 1. The topological polar surface area (TPSA) is 49.4 Å². The third kappa shape index (κ3) is 5.40. The van der Waals surface area contributed by atoms with Crippen molar-refractivity contribution in [1.82, 2.24) is 9.62 Å². The van der Waals surface area contributed by atoms with Crippen LogP contribution in [-0.4, -0.2) is 44.7 Å². The zero-order chi connectivity index (χ0) is 13.9. The summed E-state index contributed by atoms with van der Waals surface area (Å²) >= 11 is 0. The molecule has 0 aromatic carbocycles. The van der Waals surface area contributed by atoms with Crippen LogP contribution in [0.4, 0.5) is 0 Å². The molecule has 0 amide bonds. The second kappa shape index (κ2) is 6.55. The third-order valence-corrected chi connectivity index (χ3v) is 5.60. The summed E-state index contributed by atoms with van der Waals surface area (Å²) in [5, 5.41) is 3.55. The molecule has 0 bridgehead atoms. The van der Waals surface area contributed by atoms with Gasteiger partial charge in [-0.3, -0.25) is 0 Å². The first kappa shape index (κ1) is 15.3. The van der Waals surface area contributed by atoms with Crippen LogP contribution >= 0.6 is 0 Å². The molecule has 0 aromatic heterocycles. The van der Waals surface area contributed by atoms with Gasteiger partial charge in [0.15, 0.2) is 0 Å². The Labute approximate surface area is 118 Å². The standard InChI is InChI=1S/C14H28N2O2S/c1-12(7-8-15-14-5-6-14)10-13-4-3-9-16(11-13)19(2,17)18/h12-15H,3-11H2,1-2H3. The summed E-state index contributed by atoms with van der Waals surface area (Å²) < 4.78 is 24.8. The molecular formula is C14H28N2O2S. The van der Waals surface area contributed by atoms with Gasteiger partial charge in [-0.05, 0) is 56.9 Å². The first-order valence-electron chi connectivity index (χ1n) is 7.63. The molecule has 1 aliphatic heterocycles. The van der Waals surface area contributed by atoms with Crippen molar-refractivity contribution in [2.24, 2.45) is 11.8 Å². The van der Waals surface area contributed by atoms with Crippen molar-refractivity contribution in [3.8, 4) is 0 Å². The zero-order valence-corrected chi connectivity index (χ0v) is 13.1. The van der Waals surface area contributed by atoms with Crippen LogP contribution < -0.4 is 5.32 Å². The molecule has 2 rings (SSSR count). The van der Waals surface area contributed by atoms with E-state index in [9.17, 15) is 8.42 Å². The lowest BCUT2D eigenvalue weighted by atomic mass is 9.88. The highest BCUT2D eigenvalue weighted by atomic mass is 32.2. The molecule has 0 radical (unpaired) electrons. The van der Waals surface area contributed by atoms with Crippen molar-refractivity contribution >= 4 is 10.0 Å². The predicted octanol–water partition coefficient (Wildman–Crippen LogP) is 1.83. The average Bonchev–Trinajstić information content (AvgIpc) is 3.12. The smallest absolute Gasteiger partial charge is 0.211 e. The number of hydrogen-bond acceptors (Lipinski definition) is 3. The molecule has 2 fully saturated rings. The maximum atomic E-state index is 11.6. The monoisotopic (exact) mass is 288 g/mol. The van der Waals surface area contributed by atoms with E-state index in [1.165, 1.54) is 38.4 Å². The summed E-state index contributed by atoms with van der Waals surface area (Å²) in [6.07, 6.45) is 8.61. The van der Waals surface area contributed by atoms with E-state index in [1.807, 2.05) is 0 Å². The van der Waals surface area contributed by atoms with Gasteiger partial charge in [-0.2, -0.15) is 0 Å². The van der Waals surface area contributed by atoms with E-state index >= 15 is 0 Å². The minimum absolute atomic E-state index is 0.555. The SMILES string of the molecule is CC(CCNC1CC1)CC1CCCN(S(C)(=O)=O)C1. The van der Waals surface area contributed by atoms with E-state index in [0.29, 0.717) is 18.4 Å². The van der Waals surface area contributed by atoms with E-state index < -0.39 is 10.0 Å². The van der Waals surface area contributed by atoms with E-state index in [-0.39, 0.29) is 0 Å². The van der Waals surface area contributed by atoms with Gasteiger partial charge in [0.2, 0.25) is 10.0 Å². The molecule has 0 aromatic rings. The highest BCUT2D eigenvalue weighted by molar-refractivity contribution is 7.88. The molecule has 1 saturated carbocycles. The van der Waals surface area contributed by atoms with Gasteiger partial charge in [-0.25, -0.2) is 12.7 Å². The Balaban J connectivity index is 1.68. The van der Waals surface area contributed by atoms with Gasteiger partial charge in [0.05, 0.1) is 6.26 Å². The Kier molecular flexibility index (Phi) is 5.26. The predicted molar refractivity (Wildman–Crippen MR) is 78.6 cm³/mol. The van der Waals surface area contributed by atoms with E-state index in [2.05, 4.69) is 12.2 Å². The normalized spacial score (nSPS) is 27.4. The van der Waals surface area contributed by atoms with Crippen molar-refractivity contribution in [3.63, 3.8) is 0 Å². The Morgan fingerprint density at radius 2 is 2.05 bits per heavy atom. The first-order chi connectivity index (χ1) is 8.95. The fourth-order valence-corrected chi connectivity index (χ4v) is 3.97. The van der Waals surface area contributed by atoms with Crippen LogP contribution in [0.5, 0.6) is 0 Å². The highest BCUT2D eigenvalue weighted by Gasteiger charge is 2.27. The number of hydrogen-bond donors (Lipinski definition) is 1. The summed E-state index contributed by atoms with van der Waals surface area (Å²) in [6, 6.07) is 0.794. The van der Waals surface area contributed by atoms with Crippen molar-refractivity contribution in [2.45, 2.75) is 51.5 Å². The van der Waals surface area contributed by atoms with E-state index in [1.54, 1.807) is 4.31 Å². The summed E-state index contributed by atoms with van der Waals surface area (Å²) in [6.45, 7) is 4.87. The van der Waals surface area contributed by atoms with Gasteiger partial charge in [-0.15, -0.1) is 0 Å². The fraction of sp³-hybridized carbons (Fsp3) is 1.00. The van der Waals surface area contributed by atoms with Crippen molar-refractivity contribution < 1.29 is 8.42 Å². The Bertz CT molecular complexity index is 379. The second-order valence-electron chi connectivity index (χ2n) is 6.49. The fourth-order valence-electron chi connectivity index (χ4n) is 3.03. The van der Waals surface area contributed by atoms with Gasteiger partial charge >= 0.3 is 0 Å². The van der Waals surface area contributed by atoms with Gasteiger partial charge in [0, 0.05) is 19.1 Å². The summed E-state index contributed by atoms with van der Waals surface area (Å²) in [5.74, 6) is 1.25. The molecule has 19 heavy (non-hydrogen) atoms. The minimum Gasteiger partial charge on any atom is -0.314 e. The molecular weight excluding hydrogens is 260 g/mol. The Morgan fingerprint density at radius 3 is 2.68 bits per heavy atom. The largest absolute Gasteiger partial charge is 0.314 e. The number of nitrogens with zero attached hydrogens (tertiary/aromatic N) is 1. The lowest BCUT2D eigenvalue weighted by Gasteiger charge is -2.32. The molecule has 5 heteroatoms. The van der Waals surface area contributed by atoms with Crippen LogP contribution in [0.15, 0.2) is 0 Å². The number of rotatable bonds is 7. The van der Waals surface area contributed by atoms with Crippen molar-refractivity contribution in [3.05, 3.63) is 0 Å². The van der Waals surface area contributed by atoms with Gasteiger partial charge in [0.25, 0.3) is 0 Å². The maximum Gasteiger partial charge on any atom is 0.211 e. The maximum absolute atomic E-state index is 11.6. The first-order valence-corrected chi connectivity index (χ1v) is 9.48. The molecule has 4 nitrogen and oxygen atoms in total. The number of piperidine rings is 1. The summed E-state index contributed by atoms with van der Waals surface area (Å²) in [7, 11) is -2.99. The third-order valence-electron chi connectivity index (χ3n) is 4.33. The molecule has 2 atom stereocenters. The van der Waals surface area contributed by atoms with Gasteiger partial charge < -0.3 is 5.32 Å². The summed E-state index contributed by atoms with van der Waals surface area (Å²) in [5.41, 5.74) is 0. The van der Waals surface area contributed by atoms with Crippen LogP contribution in [-0.2, 0) is 10.0 Å². The Morgan fingerprint density at radius 1 is 1.32 bits per heavy atom. The van der Waals surface area contributed by atoms with Gasteiger partial charge in [0.1, 0.15) is 0 Å². The molecule has 112 valence electrons. The molecule has 2 aliphatic rings. The lowest BCUT2D eigenvalue weighted by molar-refractivity contribution is 0.231. The van der Waals surface area contributed by atoms with Crippen LogP contribution in [0.3, 0.4) is 0 Å². The van der Waals surface area contributed by atoms with E-state index in [0.717, 1.165) is 25.6 Å². The van der Waals surface area contributed by atoms with Crippen LogP contribution in [0, 0.1) is 11.8 Å². The molecule has 0 spiro atoms. The summed E-state index contributed by atoms with van der Waals surface area (Å²) in [4.78, 5) is 0.